The standard InChI is InChI=1S/C52H33NO2/c1-2-9-38-31-41(21-20-34(38)8-1)40-11-7-10-39(30-40)37-18-16-35(17-19-37)36-22-24-42(25-23-36)53(43-26-28-47-45-12-3-5-14-49(45)54-51(47)32-43)44-27-29-48-46-13-4-6-15-50(46)55-52(48)33-44/h1-33H. The van der Waals surface area contributed by atoms with E-state index in [0.29, 0.717) is 0 Å². The van der Waals surface area contributed by atoms with Crippen molar-refractivity contribution in [2.24, 2.45) is 0 Å². The number of rotatable bonds is 6. The van der Waals surface area contributed by atoms with Crippen LogP contribution in [0.4, 0.5) is 17.1 Å². The van der Waals surface area contributed by atoms with Crippen LogP contribution in [0.15, 0.2) is 209 Å². The van der Waals surface area contributed by atoms with E-state index >= 15 is 0 Å². The maximum Gasteiger partial charge on any atom is 0.137 e. The van der Waals surface area contributed by atoms with Crippen LogP contribution in [0.3, 0.4) is 0 Å². The van der Waals surface area contributed by atoms with Gasteiger partial charge in [-0.15, -0.1) is 0 Å². The molecule has 0 N–H and O–H groups in total. The smallest absolute Gasteiger partial charge is 0.137 e. The lowest BCUT2D eigenvalue weighted by atomic mass is 9.96. The summed E-state index contributed by atoms with van der Waals surface area (Å²) < 4.78 is 12.7. The van der Waals surface area contributed by atoms with E-state index in [1.807, 2.05) is 24.3 Å². The van der Waals surface area contributed by atoms with E-state index in [1.54, 1.807) is 0 Å². The summed E-state index contributed by atoms with van der Waals surface area (Å²) in [6, 6.07) is 71.1. The van der Waals surface area contributed by atoms with Crippen LogP contribution in [-0.4, -0.2) is 0 Å². The molecule has 0 amide bonds. The summed E-state index contributed by atoms with van der Waals surface area (Å²) >= 11 is 0. The lowest BCUT2D eigenvalue weighted by Gasteiger charge is -2.25. The monoisotopic (exact) mass is 703 g/mol. The Morgan fingerprint density at radius 2 is 0.691 bits per heavy atom. The molecule has 2 heterocycles. The predicted octanol–water partition coefficient (Wildman–Crippen LogP) is 15.1. The quantitative estimate of drug-likeness (QED) is 0.173. The van der Waals surface area contributed by atoms with Crippen LogP contribution in [0.5, 0.6) is 0 Å². The fraction of sp³-hybridized carbons (Fsp3) is 0. The molecule has 0 fully saturated rings. The Labute approximate surface area is 317 Å². The topological polar surface area (TPSA) is 29.5 Å². The van der Waals surface area contributed by atoms with Gasteiger partial charge >= 0.3 is 0 Å². The Kier molecular flexibility index (Phi) is 7.17. The molecule has 3 heteroatoms. The Balaban J connectivity index is 0.937. The summed E-state index contributed by atoms with van der Waals surface area (Å²) in [5.41, 5.74) is 13.7. The van der Waals surface area contributed by atoms with Gasteiger partial charge in [0.25, 0.3) is 0 Å². The van der Waals surface area contributed by atoms with Gasteiger partial charge in [-0.05, 0) is 105 Å². The van der Waals surface area contributed by atoms with Gasteiger partial charge in [0.15, 0.2) is 0 Å². The third-order valence-electron chi connectivity index (χ3n) is 10.9. The molecular weight excluding hydrogens is 671 g/mol. The Bertz CT molecular complexity index is 3090. The van der Waals surface area contributed by atoms with Crippen molar-refractivity contribution in [2.75, 3.05) is 4.90 Å². The largest absolute Gasteiger partial charge is 0.456 e. The van der Waals surface area contributed by atoms with Crippen LogP contribution in [0.2, 0.25) is 0 Å². The summed E-state index contributed by atoms with van der Waals surface area (Å²) in [6.07, 6.45) is 0. The molecule has 0 radical (unpaired) electrons. The van der Waals surface area contributed by atoms with Crippen molar-refractivity contribution < 1.29 is 8.83 Å². The summed E-state index contributed by atoms with van der Waals surface area (Å²) in [5.74, 6) is 0. The molecule has 11 aromatic rings. The number of benzene rings is 9. The van der Waals surface area contributed by atoms with Gasteiger partial charge in [-0.3, -0.25) is 0 Å². The lowest BCUT2D eigenvalue weighted by Crippen LogP contribution is -2.09. The molecule has 0 saturated heterocycles. The minimum Gasteiger partial charge on any atom is -0.456 e. The van der Waals surface area contributed by atoms with E-state index in [0.717, 1.165) is 66.5 Å². The van der Waals surface area contributed by atoms with Crippen LogP contribution in [0, 0.1) is 0 Å². The molecule has 0 saturated carbocycles. The molecule has 0 aliphatic rings. The molecule has 0 aliphatic carbocycles. The molecule has 2 aromatic heterocycles. The van der Waals surface area contributed by atoms with Crippen LogP contribution >= 0.6 is 0 Å². The predicted molar refractivity (Wildman–Crippen MR) is 229 cm³/mol. The molecule has 55 heavy (non-hydrogen) atoms. The van der Waals surface area contributed by atoms with Crippen LogP contribution in [-0.2, 0) is 0 Å². The zero-order valence-corrected chi connectivity index (χ0v) is 29.8. The van der Waals surface area contributed by atoms with Crippen molar-refractivity contribution in [1.29, 1.82) is 0 Å². The second kappa shape index (κ2) is 12.6. The maximum atomic E-state index is 6.34. The molecule has 0 aliphatic heterocycles. The van der Waals surface area contributed by atoms with Crippen molar-refractivity contribution in [3.05, 3.63) is 200 Å². The van der Waals surface area contributed by atoms with Crippen molar-refractivity contribution in [1.82, 2.24) is 0 Å². The molecule has 0 atom stereocenters. The highest BCUT2D eigenvalue weighted by Crippen LogP contribution is 2.41. The number of fused-ring (bicyclic) bond motifs is 7. The molecule has 0 unspecified atom stereocenters. The highest BCUT2D eigenvalue weighted by molar-refractivity contribution is 6.08. The van der Waals surface area contributed by atoms with Gasteiger partial charge in [0.2, 0.25) is 0 Å². The van der Waals surface area contributed by atoms with E-state index < -0.39 is 0 Å². The van der Waals surface area contributed by atoms with Crippen molar-refractivity contribution in [3.8, 4) is 33.4 Å². The second-order valence-corrected chi connectivity index (χ2v) is 14.2. The van der Waals surface area contributed by atoms with Crippen molar-refractivity contribution >= 4 is 71.7 Å². The zero-order valence-electron chi connectivity index (χ0n) is 29.8. The number of nitrogens with zero attached hydrogens (tertiary/aromatic N) is 1. The highest BCUT2D eigenvalue weighted by Gasteiger charge is 2.18. The summed E-state index contributed by atoms with van der Waals surface area (Å²) in [5, 5.41) is 6.95. The molecule has 0 spiro atoms. The average Bonchev–Trinajstić information content (AvgIpc) is 3.82. The number of hydrogen-bond acceptors (Lipinski definition) is 3. The van der Waals surface area contributed by atoms with Gasteiger partial charge in [0.1, 0.15) is 22.3 Å². The zero-order chi connectivity index (χ0) is 36.3. The van der Waals surface area contributed by atoms with Crippen molar-refractivity contribution in [3.63, 3.8) is 0 Å². The molecule has 3 nitrogen and oxygen atoms in total. The normalized spacial score (nSPS) is 11.6. The number of anilines is 3. The van der Waals surface area contributed by atoms with Crippen molar-refractivity contribution in [2.45, 2.75) is 0 Å². The Hall–Kier alpha value is -7.36. The fourth-order valence-electron chi connectivity index (χ4n) is 8.06. The highest BCUT2D eigenvalue weighted by atomic mass is 16.3. The van der Waals surface area contributed by atoms with E-state index in [4.69, 9.17) is 8.83 Å². The third-order valence-corrected chi connectivity index (χ3v) is 10.9. The van der Waals surface area contributed by atoms with Gasteiger partial charge in [0.05, 0.1) is 0 Å². The van der Waals surface area contributed by atoms with Gasteiger partial charge in [-0.2, -0.15) is 0 Å². The van der Waals surface area contributed by atoms with Crippen LogP contribution in [0.1, 0.15) is 0 Å². The molecule has 258 valence electrons. The molecule has 0 bridgehead atoms. The number of hydrogen-bond donors (Lipinski definition) is 0. The van der Waals surface area contributed by atoms with E-state index in [-0.39, 0.29) is 0 Å². The first-order valence-corrected chi connectivity index (χ1v) is 18.6. The second-order valence-electron chi connectivity index (χ2n) is 14.2. The minimum atomic E-state index is 0.855. The van der Waals surface area contributed by atoms with Gasteiger partial charge < -0.3 is 13.7 Å². The van der Waals surface area contributed by atoms with Crippen LogP contribution < -0.4 is 4.90 Å². The van der Waals surface area contributed by atoms with Gasteiger partial charge in [0, 0.05) is 50.7 Å². The van der Waals surface area contributed by atoms with Gasteiger partial charge in [-0.25, -0.2) is 0 Å². The summed E-state index contributed by atoms with van der Waals surface area (Å²) in [7, 11) is 0. The van der Waals surface area contributed by atoms with Gasteiger partial charge in [-0.1, -0.05) is 127 Å². The molecular formula is C52H33NO2. The van der Waals surface area contributed by atoms with E-state index in [2.05, 4.69) is 181 Å². The minimum absolute atomic E-state index is 0.855. The third kappa shape index (κ3) is 5.45. The van der Waals surface area contributed by atoms with Crippen LogP contribution in [0.25, 0.3) is 88.0 Å². The Morgan fingerprint density at radius 3 is 1.31 bits per heavy atom. The first-order valence-electron chi connectivity index (χ1n) is 18.6. The molecule has 9 aromatic carbocycles. The summed E-state index contributed by atoms with van der Waals surface area (Å²) in [4.78, 5) is 2.27. The molecule has 11 rings (SSSR count). The maximum absolute atomic E-state index is 6.34. The summed E-state index contributed by atoms with van der Waals surface area (Å²) in [6.45, 7) is 0. The van der Waals surface area contributed by atoms with E-state index in [1.165, 1.54) is 38.6 Å². The fourth-order valence-corrected chi connectivity index (χ4v) is 8.06. The Morgan fingerprint density at radius 1 is 0.255 bits per heavy atom. The SMILES string of the molecule is c1cc(-c2ccc(-c3ccc(N(c4ccc5c(c4)oc4ccccc45)c4ccc5c(c4)oc4ccccc45)cc3)cc2)cc(-c2ccc3ccccc3c2)c1. The van der Waals surface area contributed by atoms with E-state index in [9.17, 15) is 0 Å². The average molecular weight is 704 g/mol. The first-order chi connectivity index (χ1) is 27.2. The number of furan rings is 2. The number of para-hydroxylation sites is 2. The lowest BCUT2D eigenvalue weighted by molar-refractivity contribution is 0.669. The first kappa shape index (κ1) is 31.2.